The molecule has 0 saturated heterocycles. The Morgan fingerprint density at radius 2 is 1.81 bits per heavy atom. The molecule has 0 aliphatic heterocycles. The second kappa shape index (κ2) is 6.86. The quantitative estimate of drug-likeness (QED) is 0.534. The highest BCUT2D eigenvalue weighted by Gasteiger charge is 2.20. The van der Waals surface area contributed by atoms with E-state index in [9.17, 15) is 28.1 Å². The number of halogens is 3. The van der Waals surface area contributed by atoms with Gasteiger partial charge < -0.3 is 10.6 Å². The second-order valence-corrected chi connectivity index (χ2v) is 5.32. The third-order valence-corrected chi connectivity index (χ3v) is 3.68. The van der Waals surface area contributed by atoms with Crippen LogP contribution in [0.4, 0.5) is 30.4 Å². The summed E-state index contributed by atoms with van der Waals surface area (Å²) in [6, 6.07) is 3.18. The summed E-state index contributed by atoms with van der Waals surface area (Å²) in [5, 5.41) is 15.7. The van der Waals surface area contributed by atoms with Crippen LogP contribution in [0.1, 0.15) is 10.4 Å². The maximum Gasteiger partial charge on any atom is 0.305 e. The number of anilines is 2. The summed E-state index contributed by atoms with van der Waals surface area (Å²) >= 11 is 0. The molecule has 0 aliphatic rings. The predicted molar refractivity (Wildman–Crippen MR) is 89.2 cm³/mol. The van der Waals surface area contributed by atoms with Crippen molar-refractivity contribution in [1.82, 2.24) is 15.3 Å². The molecule has 2 aromatic carbocycles. The lowest BCUT2D eigenvalue weighted by Gasteiger charge is -2.11. The van der Waals surface area contributed by atoms with Crippen molar-refractivity contribution in [3.63, 3.8) is 0 Å². The molecule has 0 saturated carbocycles. The maximum atomic E-state index is 14.1. The third kappa shape index (κ3) is 3.34. The van der Waals surface area contributed by atoms with E-state index < -0.39 is 39.5 Å². The zero-order valence-corrected chi connectivity index (χ0v) is 13.6. The molecule has 0 atom stereocenters. The van der Waals surface area contributed by atoms with E-state index in [4.69, 9.17) is 0 Å². The van der Waals surface area contributed by atoms with Crippen molar-refractivity contribution in [1.29, 1.82) is 0 Å². The third-order valence-electron chi connectivity index (χ3n) is 3.68. The first-order valence-electron chi connectivity index (χ1n) is 7.38. The normalized spacial score (nSPS) is 10.7. The fourth-order valence-electron chi connectivity index (χ4n) is 2.39. The highest BCUT2D eigenvalue weighted by molar-refractivity contribution is 5.96. The molecule has 0 radical (unpaired) electrons. The lowest BCUT2D eigenvalue weighted by atomic mass is 10.1. The molecule has 138 valence electrons. The van der Waals surface area contributed by atoms with Gasteiger partial charge in [0.05, 0.1) is 27.1 Å². The van der Waals surface area contributed by atoms with Crippen LogP contribution in [0.15, 0.2) is 30.6 Å². The molecular weight excluding hydrogens is 367 g/mol. The molecule has 2 N–H and O–H groups in total. The Kier molecular flexibility index (Phi) is 4.59. The number of aromatic nitrogens is 2. The molecule has 0 bridgehead atoms. The number of fused-ring (bicyclic) bond motifs is 1. The molecular formula is C16H10F3N5O3. The molecule has 1 aromatic heterocycles. The Balaban J connectivity index is 2.13. The Morgan fingerprint density at radius 3 is 2.48 bits per heavy atom. The molecule has 8 nitrogen and oxygen atoms in total. The zero-order chi connectivity index (χ0) is 19.7. The van der Waals surface area contributed by atoms with E-state index in [-0.39, 0.29) is 22.4 Å². The number of carbonyl (C=O) groups is 1. The summed E-state index contributed by atoms with van der Waals surface area (Å²) in [5.41, 5.74) is -1.51. The van der Waals surface area contributed by atoms with Crippen LogP contribution >= 0.6 is 0 Å². The number of carbonyl (C=O) groups excluding carboxylic acids is 1. The zero-order valence-electron chi connectivity index (χ0n) is 13.6. The average Bonchev–Trinajstić information content (AvgIpc) is 2.62. The van der Waals surface area contributed by atoms with Crippen LogP contribution in [0.2, 0.25) is 0 Å². The molecule has 27 heavy (non-hydrogen) atoms. The molecule has 3 aromatic rings. The van der Waals surface area contributed by atoms with Gasteiger partial charge in [-0.1, -0.05) is 0 Å². The minimum atomic E-state index is -1.09. The Bertz CT molecular complexity index is 1090. The highest BCUT2D eigenvalue weighted by Crippen LogP contribution is 2.30. The van der Waals surface area contributed by atoms with Gasteiger partial charge in [0.1, 0.15) is 23.8 Å². The number of nitrogens with zero attached hydrogens (tertiary/aromatic N) is 3. The SMILES string of the molecule is CNC(=O)c1cc(Nc2ncnc3cc(F)c([N+](=O)[O-])cc23)c(F)cc1F. The van der Waals surface area contributed by atoms with Crippen LogP contribution in [0.5, 0.6) is 0 Å². The Morgan fingerprint density at radius 1 is 1.07 bits per heavy atom. The summed E-state index contributed by atoms with van der Waals surface area (Å²) in [6.07, 6.45) is 1.04. The second-order valence-electron chi connectivity index (χ2n) is 5.32. The largest absolute Gasteiger partial charge is 0.355 e. The summed E-state index contributed by atoms with van der Waals surface area (Å²) in [5.74, 6) is -4.05. The van der Waals surface area contributed by atoms with Crippen LogP contribution < -0.4 is 10.6 Å². The van der Waals surface area contributed by atoms with Gasteiger partial charge in [0.2, 0.25) is 5.82 Å². The summed E-state index contributed by atoms with van der Waals surface area (Å²) in [6.45, 7) is 0. The Labute approximate surface area is 149 Å². The smallest absolute Gasteiger partial charge is 0.305 e. The molecule has 0 spiro atoms. The fourth-order valence-corrected chi connectivity index (χ4v) is 2.39. The van der Waals surface area contributed by atoms with Gasteiger partial charge in [0, 0.05) is 25.2 Å². The standard InChI is InChI=1S/C16H10F3N5O3/c1-20-16(25)7-2-13(10(18)4-9(7)17)23-15-8-3-14(24(26)27)11(19)5-12(8)21-6-22-15/h2-6H,1H3,(H,20,25)(H,21,22,23). The number of nitro groups is 1. The summed E-state index contributed by atoms with van der Waals surface area (Å²) in [7, 11) is 1.28. The molecule has 1 amide bonds. The van der Waals surface area contributed by atoms with Gasteiger partial charge in [-0.3, -0.25) is 14.9 Å². The van der Waals surface area contributed by atoms with Crippen molar-refractivity contribution in [3.05, 3.63) is 63.7 Å². The van der Waals surface area contributed by atoms with E-state index in [1.54, 1.807) is 0 Å². The van der Waals surface area contributed by atoms with Crippen molar-refractivity contribution >= 4 is 34.0 Å². The van der Waals surface area contributed by atoms with Gasteiger partial charge in [-0.2, -0.15) is 4.39 Å². The van der Waals surface area contributed by atoms with Crippen LogP contribution in [-0.4, -0.2) is 27.8 Å². The van der Waals surface area contributed by atoms with Gasteiger partial charge in [0.15, 0.2) is 0 Å². The first kappa shape index (κ1) is 18.0. The lowest BCUT2D eigenvalue weighted by molar-refractivity contribution is -0.387. The topological polar surface area (TPSA) is 110 Å². The van der Waals surface area contributed by atoms with Crippen LogP contribution in [-0.2, 0) is 0 Å². The van der Waals surface area contributed by atoms with E-state index in [0.29, 0.717) is 6.07 Å². The number of rotatable bonds is 4. The molecule has 11 heteroatoms. The number of hydrogen-bond donors (Lipinski definition) is 2. The van der Waals surface area contributed by atoms with E-state index in [1.165, 1.54) is 7.05 Å². The Hall–Kier alpha value is -3.76. The van der Waals surface area contributed by atoms with Crippen LogP contribution in [0.25, 0.3) is 10.9 Å². The fraction of sp³-hybridized carbons (Fsp3) is 0.0625. The monoisotopic (exact) mass is 377 g/mol. The van der Waals surface area contributed by atoms with Crippen molar-refractivity contribution in [3.8, 4) is 0 Å². The highest BCUT2D eigenvalue weighted by atomic mass is 19.1. The number of benzene rings is 2. The summed E-state index contributed by atoms with van der Waals surface area (Å²) < 4.78 is 41.6. The van der Waals surface area contributed by atoms with E-state index in [0.717, 1.165) is 24.5 Å². The van der Waals surface area contributed by atoms with E-state index in [1.807, 2.05) is 0 Å². The van der Waals surface area contributed by atoms with Gasteiger partial charge >= 0.3 is 5.69 Å². The number of nitro benzene ring substituents is 1. The predicted octanol–water partition coefficient (Wildman–Crippen LogP) is 3.06. The molecule has 0 fully saturated rings. The van der Waals surface area contributed by atoms with E-state index in [2.05, 4.69) is 20.6 Å². The number of nitrogens with one attached hydrogen (secondary N) is 2. The minimum absolute atomic E-state index is 0.0321. The number of hydrogen-bond acceptors (Lipinski definition) is 6. The van der Waals surface area contributed by atoms with Crippen molar-refractivity contribution in [2.75, 3.05) is 12.4 Å². The molecule has 1 heterocycles. The minimum Gasteiger partial charge on any atom is -0.355 e. The number of amides is 1. The maximum absolute atomic E-state index is 14.1. The van der Waals surface area contributed by atoms with Crippen LogP contribution in [0, 0.1) is 27.6 Å². The van der Waals surface area contributed by atoms with E-state index >= 15 is 0 Å². The summed E-state index contributed by atoms with van der Waals surface area (Å²) in [4.78, 5) is 29.4. The van der Waals surface area contributed by atoms with Gasteiger partial charge in [-0.25, -0.2) is 18.7 Å². The van der Waals surface area contributed by atoms with Crippen molar-refractivity contribution in [2.45, 2.75) is 0 Å². The first-order valence-corrected chi connectivity index (χ1v) is 7.38. The van der Waals surface area contributed by atoms with Crippen LogP contribution in [0.3, 0.4) is 0 Å². The van der Waals surface area contributed by atoms with Crippen molar-refractivity contribution in [2.24, 2.45) is 0 Å². The van der Waals surface area contributed by atoms with Crippen molar-refractivity contribution < 1.29 is 22.9 Å². The van der Waals surface area contributed by atoms with Gasteiger partial charge in [-0.15, -0.1) is 0 Å². The van der Waals surface area contributed by atoms with Gasteiger partial charge in [-0.05, 0) is 6.07 Å². The molecule has 3 rings (SSSR count). The van der Waals surface area contributed by atoms with Gasteiger partial charge in [0.25, 0.3) is 5.91 Å². The molecule has 0 aliphatic carbocycles. The lowest BCUT2D eigenvalue weighted by Crippen LogP contribution is -2.19. The molecule has 0 unspecified atom stereocenters. The first-order chi connectivity index (χ1) is 12.8. The average molecular weight is 377 g/mol.